The van der Waals surface area contributed by atoms with Gasteiger partial charge in [-0.2, -0.15) is 18.2 Å². The van der Waals surface area contributed by atoms with Gasteiger partial charge in [0, 0.05) is 5.92 Å². The smallest absolute Gasteiger partial charge is 0.471 e. The van der Waals surface area contributed by atoms with Crippen LogP contribution in [-0.2, 0) is 11.0 Å². The second-order valence-corrected chi connectivity index (χ2v) is 5.40. The summed E-state index contributed by atoms with van der Waals surface area (Å²) in [5, 5.41) is 12.5. The lowest BCUT2D eigenvalue weighted by Crippen LogP contribution is -2.14. The quantitative estimate of drug-likeness (QED) is 0.903. The molecule has 2 unspecified atom stereocenters. The molecule has 0 spiro atoms. The highest BCUT2D eigenvalue weighted by atomic mass is 19.4. The van der Waals surface area contributed by atoms with Crippen molar-refractivity contribution in [2.75, 3.05) is 0 Å². The van der Waals surface area contributed by atoms with Crippen molar-refractivity contribution in [2.45, 2.75) is 57.0 Å². The van der Waals surface area contributed by atoms with Crippen LogP contribution in [0.3, 0.4) is 0 Å². The van der Waals surface area contributed by atoms with Crippen molar-refractivity contribution in [3.05, 3.63) is 11.7 Å². The molecule has 2 rings (SSSR count). The molecule has 0 radical (unpaired) electrons. The number of nitrogens with zero attached hydrogens (tertiary/aromatic N) is 2. The van der Waals surface area contributed by atoms with Crippen molar-refractivity contribution >= 4 is 5.97 Å². The second-order valence-electron chi connectivity index (χ2n) is 5.40. The molecule has 0 saturated heterocycles. The van der Waals surface area contributed by atoms with Crippen molar-refractivity contribution < 1.29 is 27.6 Å². The lowest BCUT2D eigenvalue weighted by Gasteiger charge is -2.14. The van der Waals surface area contributed by atoms with Crippen LogP contribution in [0, 0.1) is 5.92 Å². The number of carboxylic acid groups (broad SMARTS) is 1. The molecular weight excluding hydrogens is 289 g/mol. The van der Waals surface area contributed by atoms with Gasteiger partial charge in [-0.3, -0.25) is 4.79 Å². The molecule has 2 atom stereocenters. The molecule has 21 heavy (non-hydrogen) atoms. The van der Waals surface area contributed by atoms with E-state index in [-0.39, 0.29) is 11.7 Å². The Balaban J connectivity index is 2.09. The fraction of sp³-hybridized carbons (Fsp3) is 0.769. The maximum absolute atomic E-state index is 12.5. The van der Waals surface area contributed by atoms with Gasteiger partial charge in [-0.15, -0.1) is 0 Å². The molecule has 1 saturated carbocycles. The fourth-order valence-corrected chi connectivity index (χ4v) is 2.67. The van der Waals surface area contributed by atoms with Crippen molar-refractivity contribution in [1.29, 1.82) is 0 Å². The molecule has 1 aromatic rings. The van der Waals surface area contributed by atoms with Gasteiger partial charge in [-0.1, -0.05) is 24.4 Å². The minimum Gasteiger partial charge on any atom is -0.481 e. The van der Waals surface area contributed by atoms with Gasteiger partial charge in [0.15, 0.2) is 5.82 Å². The van der Waals surface area contributed by atoms with Gasteiger partial charge in [0.05, 0.1) is 5.92 Å². The Morgan fingerprint density at radius 3 is 2.48 bits per heavy atom. The number of hydrogen-bond acceptors (Lipinski definition) is 4. The largest absolute Gasteiger partial charge is 0.481 e. The van der Waals surface area contributed by atoms with Crippen molar-refractivity contribution in [3.63, 3.8) is 0 Å². The first kappa shape index (κ1) is 15.8. The van der Waals surface area contributed by atoms with E-state index in [0.29, 0.717) is 25.7 Å². The maximum atomic E-state index is 12.5. The zero-order chi connectivity index (χ0) is 15.5. The van der Waals surface area contributed by atoms with Crippen molar-refractivity contribution in [1.82, 2.24) is 10.1 Å². The van der Waals surface area contributed by atoms with Crippen LogP contribution in [0.1, 0.15) is 62.6 Å². The molecule has 0 bridgehead atoms. The number of alkyl halides is 3. The van der Waals surface area contributed by atoms with Crippen LogP contribution < -0.4 is 0 Å². The summed E-state index contributed by atoms with van der Waals surface area (Å²) in [5.41, 5.74) is 0. The number of hydrogen-bond donors (Lipinski definition) is 1. The first-order valence-electron chi connectivity index (χ1n) is 7.01. The van der Waals surface area contributed by atoms with E-state index in [9.17, 15) is 18.0 Å². The molecular formula is C13H17F3N2O3. The minimum absolute atomic E-state index is 0.0355. The van der Waals surface area contributed by atoms with Crippen LogP contribution in [0.5, 0.6) is 0 Å². The maximum Gasteiger partial charge on any atom is 0.471 e. The van der Waals surface area contributed by atoms with Gasteiger partial charge in [0.2, 0.25) is 0 Å². The van der Waals surface area contributed by atoms with E-state index in [2.05, 4.69) is 14.7 Å². The standard InChI is InChI=1S/C13H17F3N2O3/c14-13(15,16)12-17-10(18-21-12)8-4-2-1-3-5-9(7-6-8)11(19)20/h8-9H,1-7H2,(H,19,20). The van der Waals surface area contributed by atoms with E-state index in [1.807, 2.05) is 0 Å². The normalized spacial score (nSPS) is 24.9. The summed E-state index contributed by atoms with van der Waals surface area (Å²) >= 11 is 0. The third-order valence-corrected chi connectivity index (χ3v) is 3.87. The highest BCUT2D eigenvalue weighted by Gasteiger charge is 2.39. The van der Waals surface area contributed by atoms with Crippen molar-refractivity contribution in [2.24, 2.45) is 5.92 Å². The zero-order valence-electron chi connectivity index (χ0n) is 11.4. The minimum atomic E-state index is -4.65. The monoisotopic (exact) mass is 306 g/mol. The predicted molar refractivity (Wildman–Crippen MR) is 65.5 cm³/mol. The van der Waals surface area contributed by atoms with Crippen LogP contribution in [0.4, 0.5) is 13.2 Å². The first-order chi connectivity index (χ1) is 9.88. The molecule has 118 valence electrons. The fourth-order valence-electron chi connectivity index (χ4n) is 2.67. The van der Waals surface area contributed by atoms with Gasteiger partial charge in [0.25, 0.3) is 0 Å². The summed E-state index contributed by atoms with van der Waals surface area (Å²) in [6.07, 6.45) is 0.0310. The van der Waals surface area contributed by atoms with Crippen LogP contribution in [0.2, 0.25) is 0 Å². The Morgan fingerprint density at radius 1 is 1.14 bits per heavy atom. The molecule has 1 N–H and O–H groups in total. The third-order valence-electron chi connectivity index (χ3n) is 3.87. The molecule has 0 amide bonds. The third kappa shape index (κ3) is 4.18. The number of rotatable bonds is 2. The number of carboxylic acids is 1. The van der Waals surface area contributed by atoms with Crippen LogP contribution >= 0.6 is 0 Å². The van der Waals surface area contributed by atoms with Gasteiger partial charge in [-0.25, -0.2) is 0 Å². The molecule has 1 aromatic heterocycles. The van der Waals surface area contributed by atoms with Crippen LogP contribution in [0.25, 0.3) is 0 Å². The highest BCUT2D eigenvalue weighted by molar-refractivity contribution is 5.69. The van der Waals surface area contributed by atoms with Gasteiger partial charge < -0.3 is 9.63 Å². The van der Waals surface area contributed by atoms with Gasteiger partial charge in [-0.05, 0) is 25.7 Å². The zero-order valence-corrected chi connectivity index (χ0v) is 11.4. The molecule has 8 heteroatoms. The van der Waals surface area contributed by atoms with E-state index in [1.165, 1.54) is 0 Å². The van der Waals surface area contributed by atoms with Crippen LogP contribution in [-0.4, -0.2) is 21.2 Å². The number of aromatic nitrogens is 2. The average Bonchev–Trinajstić information content (AvgIpc) is 2.91. The highest BCUT2D eigenvalue weighted by Crippen LogP contribution is 2.33. The lowest BCUT2D eigenvalue weighted by molar-refractivity contribution is -0.159. The topological polar surface area (TPSA) is 76.2 Å². The number of aliphatic carboxylic acids is 1. The van der Waals surface area contributed by atoms with Crippen LogP contribution in [0.15, 0.2) is 4.52 Å². The number of carbonyl (C=O) groups is 1. The molecule has 1 aliphatic rings. The molecule has 1 fully saturated rings. The van der Waals surface area contributed by atoms with E-state index in [0.717, 1.165) is 19.3 Å². The molecule has 1 aliphatic carbocycles. The predicted octanol–water partition coefficient (Wildman–Crippen LogP) is 3.62. The summed E-state index contributed by atoms with van der Waals surface area (Å²) in [4.78, 5) is 14.5. The average molecular weight is 306 g/mol. The van der Waals surface area contributed by atoms with Gasteiger partial charge >= 0.3 is 18.0 Å². The summed E-state index contributed by atoms with van der Waals surface area (Å²) in [6, 6.07) is 0. The summed E-state index contributed by atoms with van der Waals surface area (Å²) in [6.45, 7) is 0. The Morgan fingerprint density at radius 2 is 1.86 bits per heavy atom. The van der Waals surface area contributed by atoms with Crippen molar-refractivity contribution in [3.8, 4) is 0 Å². The Bertz CT molecular complexity index is 487. The Hall–Kier alpha value is -1.60. The van der Waals surface area contributed by atoms with E-state index in [1.54, 1.807) is 0 Å². The Kier molecular flexibility index (Phi) is 4.84. The molecule has 1 heterocycles. The summed E-state index contributed by atoms with van der Waals surface area (Å²) in [7, 11) is 0. The van der Waals surface area contributed by atoms with E-state index < -0.39 is 24.0 Å². The first-order valence-corrected chi connectivity index (χ1v) is 7.01. The Labute approximate surface area is 119 Å². The molecule has 0 aromatic carbocycles. The van der Waals surface area contributed by atoms with E-state index in [4.69, 9.17) is 5.11 Å². The molecule has 0 aliphatic heterocycles. The second kappa shape index (κ2) is 6.44. The SMILES string of the molecule is O=C(O)C1CCCCCC(c2noc(C(F)(F)F)n2)CC1. The van der Waals surface area contributed by atoms with Gasteiger partial charge in [0.1, 0.15) is 0 Å². The van der Waals surface area contributed by atoms with E-state index >= 15 is 0 Å². The lowest BCUT2D eigenvalue weighted by atomic mass is 9.92. The summed E-state index contributed by atoms with van der Waals surface area (Å²) < 4.78 is 41.7. The molecule has 5 nitrogen and oxygen atoms in total. The summed E-state index contributed by atoms with van der Waals surface area (Å²) in [5.74, 6) is -2.87. The number of halogens is 3.